The highest BCUT2D eigenvalue weighted by Crippen LogP contribution is 2.25. The summed E-state index contributed by atoms with van der Waals surface area (Å²) in [5.74, 6) is 1.42. The summed E-state index contributed by atoms with van der Waals surface area (Å²) in [6, 6.07) is 6.22. The summed E-state index contributed by atoms with van der Waals surface area (Å²) in [4.78, 5) is 5.26. The molecule has 7 heteroatoms. The Morgan fingerprint density at radius 3 is 2.90 bits per heavy atom. The summed E-state index contributed by atoms with van der Waals surface area (Å²) in [5.41, 5.74) is 0. The van der Waals surface area contributed by atoms with Gasteiger partial charge in [0.25, 0.3) is 0 Å². The zero-order chi connectivity index (χ0) is 13.9. The molecule has 2 aromatic rings. The molecule has 0 radical (unpaired) electrons. The van der Waals surface area contributed by atoms with E-state index in [1.165, 1.54) is 23.9 Å². The first-order chi connectivity index (χ1) is 9.70. The summed E-state index contributed by atoms with van der Waals surface area (Å²) in [7, 11) is 0. The zero-order valence-corrected chi connectivity index (χ0v) is 11.4. The maximum atomic E-state index is 12.8. The summed E-state index contributed by atoms with van der Waals surface area (Å²) < 4.78 is 18.0. The van der Waals surface area contributed by atoms with Gasteiger partial charge in [-0.25, -0.2) is 4.39 Å². The molecule has 0 saturated carbocycles. The molecule has 2 atom stereocenters. The summed E-state index contributed by atoms with van der Waals surface area (Å²) >= 11 is 1.52. The Labute approximate surface area is 119 Å². The van der Waals surface area contributed by atoms with E-state index in [1.54, 1.807) is 12.1 Å². The normalized spacial score (nSPS) is 22.3. The average Bonchev–Trinajstić information content (AvgIpc) is 3.07. The van der Waals surface area contributed by atoms with E-state index in [0.29, 0.717) is 30.4 Å². The number of aliphatic hydroxyl groups is 1. The van der Waals surface area contributed by atoms with Crippen LogP contribution in [0, 0.1) is 5.82 Å². The van der Waals surface area contributed by atoms with E-state index >= 15 is 0 Å². The minimum atomic E-state index is -0.357. The number of aliphatic hydroxyl groups excluding tert-OH is 1. The van der Waals surface area contributed by atoms with Gasteiger partial charge in [-0.1, -0.05) is 5.16 Å². The Balaban J connectivity index is 1.58. The van der Waals surface area contributed by atoms with Crippen LogP contribution in [0.3, 0.4) is 0 Å². The van der Waals surface area contributed by atoms with Gasteiger partial charge in [-0.15, -0.1) is 11.8 Å². The molecular formula is C13H14FN3O2S. The number of hydrogen-bond donors (Lipinski definition) is 2. The predicted octanol–water partition coefficient (Wildman–Crippen LogP) is 1.90. The van der Waals surface area contributed by atoms with E-state index in [0.717, 1.165) is 4.90 Å². The van der Waals surface area contributed by atoms with Crippen molar-refractivity contribution >= 4 is 11.8 Å². The number of thioether (sulfide) groups is 1. The molecule has 1 saturated heterocycles. The molecule has 0 aliphatic carbocycles. The molecule has 1 fully saturated rings. The number of rotatable bonds is 4. The van der Waals surface area contributed by atoms with Gasteiger partial charge in [-0.2, -0.15) is 4.98 Å². The third-order valence-electron chi connectivity index (χ3n) is 3.07. The summed E-state index contributed by atoms with van der Waals surface area (Å²) in [5, 5.41) is 16.5. The zero-order valence-electron chi connectivity index (χ0n) is 10.6. The van der Waals surface area contributed by atoms with E-state index in [9.17, 15) is 9.50 Å². The lowest BCUT2D eigenvalue weighted by Crippen LogP contribution is -2.15. The van der Waals surface area contributed by atoms with Crippen LogP contribution in [0.4, 0.5) is 4.39 Å². The van der Waals surface area contributed by atoms with Gasteiger partial charge in [0.2, 0.25) is 5.89 Å². The molecule has 1 unspecified atom stereocenters. The number of benzene rings is 1. The first-order valence-corrected chi connectivity index (χ1v) is 7.31. The van der Waals surface area contributed by atoms with Crippen molar-refractivity contribution in [2.75, 3.05) is 6.54 Å². The molecule has 5 nitrogen and oxygen atoms in total. The Morgan fingerprint density at radius 2 is 2.20 bits per heavy atom. The van der Waals surface area contributed by atoms with Crippen LogP contribution in [0.5, 0.6) is 0 Å². The fourth-order valence-corrected chi connectivity index (χ4v) is 2.79. The highest BCUT2D eigenvalue weighted by atomic mass is 32.2. The van der Waals surface area contributed by atoms with Gasteiger partial charge in [0.05, 0.1) is 17.9 Å². The first kappa shape index (κ1) is 13.5. The number of hydrogen-bond acceptors (Lipinski definition) is 6. The topological polar surface area (TPSA) is 71.2 Å². The standard InChI is InChI=1S/C13H14FN3O2S/c14-8-1-3-10(4-2-8)20-7-12-16-13(19-17-12)11-5-9(18)6-15-11/h1-4,9,11,15,18H,5-7H2/t9?,11-/m0/s1. The SMILES string of the molecule is OC1CN[C@H](c2nc(CSc3ccc(F)cc3)no2)C1. The van der Waals surface area contributed by atoms with E-state index in [2.05, 4.69) is 15.5 Å². The van der Waals surface area contributed by atoms with Crippen LogP contribution in [-0.4, -0.2) is 27.9 Å². The number of nitrogens with zero attached hydrogens (tertiary/aromatic N) is 2. The molecule has 1 aliphatic rings. The Kier molecular flexibility index (Phi) is 4.00. The van der Waals surface area contributed by atoms with Crippen LogP contribution in [-0.2, 0) is 5.75 Å². The molecule has 2 heterocycles. The van der Waals surface area contributed by atoms with Crippen molar-refractivity contribution in [2.45, 2.75) is 29.2 Å². The number of halogens is 1. The number of aromatic nitrogens is 2. The highest BCUT2D eigenvalue weighted by Gasteiger charge is 2.27. The van der Waals surface area contributed by atoms with Crippen LogP contribution in [0.1, 0.15) is 24.2 Å². The van der Waals surface area contributed by atoms with Gasteiger partial charge in [-0.05, 0) is 30.7 Å². The van der Waals surface area contributed by atoms with Crippen LogP contribution in [0.2, 0.25) is 0 Å². The van der Waals surface area contributed by atoms with Gasteiger partial charge in [0.15, 0.2) is 5.82 Å². The lowest BCUT2D eigenvalue weighted by molar-refractivity contribution is 0.191. The van der Waals surface area contributed by atoms with Crippen molar-refractivity contribution in [3.8, 4) is 0 Å². The highest BCUT2D eigenvalue weighted by molar-refractivity contribution is 7.98. The lowest BCUT2D eigenvalue weighted by atomic mass is 10.2. The van der Waals surface area contributed by atoms with Gasteiger partial charge in [0.1, 0.15) is 5.82 Å². The minimum absolute atomic E-state index is 0.0675. The Morgan fingerprint density at radius 1 is 1.40 bits per heavy atom. The van der Waals surface area contributed by atoms with Crippen molar-refractivity contribution in [1.29, 1.82) is 0 Å². The summed E-state index contributed by atoms with van der Waals surface area (Å²) in [6.45, 7) is 0.548. The molecule has 1 aromatic carbocycles. The molecule has 20 heavy (non-hydrogen) atoms. The quantitative estimate of drug-likeness (QED) is 0.839. The molecule has 1 aromatic heterocycles. The fraction of sp³-hybridized carbons (Fsp3) is 0.385. The maximum absolute atomic E-state index is 12.8. The lowest BCUT2D eigenvalue weighted by Gasteiger charge is -2.01. The second-order valence-corrected chi connectivity index (χ2v) is 5.69. The molecule has 106 valence electrons. The van der Waals surface area contributed by atoms with Crippen LogP contribution in [0.15, 0.2) is 33.7 Å². The molecule has 0 amide bonds. The third kappa shape index (κ3) is 3.17. The van der Waals surface area contributed by atoms with Crippen molar-refractivity contribution in [3.05, 3.63) is 41.8 Å². The minimum Gasteiger partial charge on any atom is -0.392 e. The smallest absolute Gasteiger partial charge is 0.243 e. The van der Waals surface area contributed by atoms with Crippen LogP contribution < -0.4 is 5.32 Å². The van der Waals surface area contributed by atoms with Crippen molar-refractivity contribution in [1.82, 2.24) is 15.5 Å². The average molecular weight is 295 g/mol. The Hall–Kier alpha value is -1.44. The second-order valence-electron chi connectivity index (χ2n) is 4.64. The maximum Gasteiger partial charge on any atom is 0.243 e. The molecular weight excluding hydrogens is 281 g/mol. The van der Waals surface area contributed by atoms with E-state index < -0.39 is 0 Å². The first-order valence-electron chi connectivity index (χ1n) is 6.33. The summed E-state index contributed by atoms with van der Waals surface area (Å²) in [6.07, 6.45) is 0.233. The molecule has 1 aliphatic heterocycles. The molecule has 0 spiro atoms. The monoisotopic (exact) mass is 295 g/mol. The van der Waals surface area contributed by atoms with E-state index in [1.807, 2.05) is 0 Å². The molecule has 3 rings (SSSR count). The Bertz CT molecular complexity index is 575. The van der Waals surface area contributed by atoms with Gasteiger partial charge in [0, 0.05) is 11.4 Å². The second kappa shape index (κ2) is 5.90. The molecule has 2 N–H and O–H groups in total. The number of β-amino-alcohol motifs (C(OH)–C–C–N with tert-alkyl or cyclic N) is 1. The van der Waals surface area contributed by atoms with Crippen LogP contribution >= 0.6 is 11.8 Å². The van der Waals surface area contributed by atoms with Crippen molar-refractivity contribution in [2.24, 2.45) is 0 Å². The van der Waals surface area contributed by atoms with Crippen LogP contribution in [0.25, 0.3) is 0 Å². The largest absolute Gasteiger partial charge is 0.392 e. The van der Waals surface area contributed by atoms with Gasteiger partial charge < -0.3 is 14.9 Å². The third-order valence-corrected chi connectivity index (χ3v) is 4.08. The van der Waals surface area contributed by atoms with E-state index in [-0.39, 0.29) is 18.0 Å². The van der Waals surface area contributed by atoms with Crippen molar-refractivity contribution < 1.29 is 14.0 Å². The fourth-order valence-electron chi connectivity index (χ4n) is 2.05. The van der Waals surface area contributed by atoms with Gasteiger partial charge >= 0.3 is 0 Å². The predicted molar refractivity (Wildman–Crippen MR) is 71.6 cm³/mol. The van der Waals surface area contributed by atoms with Crippen molar-refractivity contribution in [3.63, 3.8) is 0 Å². The van der Waals surface area contributed by atoms with Gasteiger partial charge in [-0.3, -0.25) is 0 Å². The molecule has 0 bridgehead atoms. The number of nitrogens with one attached hydrogen (secondary N) is 1. The van der Waals surface area contributed by atoms with E-state index in [4.69, 9.17) is 4.52 Å².